The Bertz CT molecular complexity index is 990. The number of pyridine rings is 1. The van der Waals surface area contributed by atoms with Crippen LogP contribution < -0.4 is 5.32 Å². The molecule has 3 aromatic rings. The number of nitrogens with zero attached hydrogens (tertiary/aromatic N) is 4. The largest absolute Gasteiger partial charge is 0.322 e. The number of anilines is 1. The highest BCUT2D eigenvalue weighted by Crippen LogP contribution is 2.30. The van der Waals surface area contributed by atoms with Gasteiger partial charge in [-0.2, -0.15) is 5.10 Å². The fourth-order valence-electron chi connectivity index (χ4n) is 3.71. The van der Waals surface area contributed by atoms with Gasteiger partial charge in [0.2, 0.25) is 0 Å². The van der Waals surface area contributed by atoms with E-state index in [1.807, 2.05) is 35.9 Å². The first-order valence-electron chi connectivity index (χ1n) is 9.69. The Hall–Kier alpha value is -2.44. The van der Waals surface area contributed by atoms with Crippen molar-refractivity contribution in [3.63, 3.8) is 0 Å². The number of halogens is 1. The molecule has 3 heterocycles. The number of hydrogen-bond donors (Lipinski definition) is 1. The lowest BCUT2D eigenvalue weighted by Crippen LogP contribution is -2.34. The summed E-state index contributed by atoms with van der Waals surface area (Å²) in [5.41, 5.74) is 2.96. The molecule has 0 saturated carbocycles. The van der Waals surface area contributed by atoms with Gasteiger partial charge in [0, 0.05) is 25.0 Å². The van der Waals surface area contributed by atoms with Crippen LogP contribution in [0.1, 0.15) is 41.7 Å². The summed E-state index contributed by atoms with van der Waals surface area (Å²) < 4.78 is 1.97. The number of piperidine rings is 1. The lowest BCUT2D eigenvalue weighted by molar-refractivity contribution is 0.102. The molecule has 1 saturated heterocycles. The minimum Gasteiger partial charge on any atom is -0.322 e. The molecule has 0 spiro atoms. The van der Waals surface area contributed by atoms with Crippen molar-refractivity contribution in [1.82, 2.24) is 19.7 Å². The minimum absolute atomic E-state index is 0.271. The highest BCUT2D eigenvalue weighted by atomic mass is 35.5. The van der Waals surface area contributed by atoms with Crippen LogP contribution in [0.3, 0.4) is 0 Å². The third kappa shape index (κ3) is 3.62. The van der Waals surface area contributed by atoms with Crippen LogP contribution in [0, 0.1) is 6.92 Å². The third-order valence-electron chi connectivity index (χ3n) is 5.46. The molecule has 0 radical (unpaired) electrons. The van der Waals surface area contributed by atoms with E-state index < -0.39 is 0 Å². The number of likely N-dealkylation sites (tertiary alicyclic amines) is 1. The van der Waals surface area contributed by atoms with Crippen LogP contribution in [-0.4, -0.2) is 45.2 Å². The number of aromatic nitrogens is 3. The number of carbonyl (C=O) groups excluding carboxylic acids is 1. The summed E-state index contributed by atoms with van der Waals surface area (Å²) in [6, 6.07) is 7.96. The van der Waals surface area contributed by atoms with Gasteiger partial charge in [-0.15, -0.1) is 0 Å². The van der Waals surface area contributed by atoms with Crippen molar-refractivity contribution >= 4 is 34.2 Å². The quantitative estimate of drug-likeness (QED) is 0.712. The highest BCUT2D eigenvalue weighted by molar-refractivity contribution is 6.38. The van der Waals surface area contributed by atoms with Crippen molar-refractivity contribution in [2.24, 2.45) is 0 Å². The molecule has 7 heteroatoms. The maximum atomic E-state index is 12.7. The van der Waals surface area contributed by atoms with Crippen LogP contribution in [0.25, 0.3) is 11.0 Å². The van der Waals surface area contributed by atoms with E-state index in [1.54, 1.807) is 12.4 Å². The van der Waals surface area contributed by atoms with Gasteiger partial charge in [-0.3, -0.25) is 4.79 Å². The molecule has 0 aliphatic carbocycles. The fraction of sp³-hybridized carbons (Fsp3) is 0.381. The van der Waals surface area contributed by atoms with Crippen LogP contribution in [0.15, 0.2) is 36.7 Å². The normalized spacial score (nSPS) is 15.8. The number of amides is 1. The molecule has 6 nitrogen and oxygen atoms in total. The van der Waals surface area contributed by atoms with E-state index in [-0.39, 0.29) is 5.91 Å². The number of rotatable bonds is 4. The van der Waals surface area contributed by atoms with Crippen molar-refractivity contribution in [3.05, 3.63) is 52.8 Å². The zero-order valence-electron chi connectivity index (χ0n) is 16.2. The van der Waals surface area contributed by atoms with Gasteiger partial charge in [-0.05, 0) is 38.4 Å². The molecule has 2 aromatic heterocycles. The Morgan fingerprint density at radius 2 is 1.93 bits per heavy atom. The Kier molecular flexibility index (Phi) is 5.33. The molecule has 146 valence electrons. The predicted octanol–water partition coefficient (Wildman–Crippen LogP) is 4.30. The number of hydrogen-bond acceptors (Lipinski definition) is 4. The summed E-state index contributed by atoms with van der Waals surface area (Å²) in [6.45, 7) is 7.40. The average molecular weight is 398 g/mol. The van der Waals surface area contributed by atoms with Gasteiger partial charge in [0.15, 0.2) is 5.65 Å². The molecule has 1 aliphatic rings. The second-order valence-electron chi connectivity index (χ2n) is 7.30. The van der Waals surface area contributed by atoms with E-state index in [1.165, 1.54) is 0 Å². The van der Waals surface area contributed by atoms with E-state index in [4.69, 9.17) is 11.6 Å². The van der Waals surface area contributed by atoms with Crippen molar-refractivity contribution in [1.29, 1.82) is 0 Å². The molecular weight excluding hydrogens is 374 g/mol. The second kappa shape index (κ2) is 7.89. The number of nitrogens with one attached hydrogen (secondary N) is 1. The lowest BCUT2D eigenvalue weighted by Gasteiger charge is -2.31. The average Bonchev–Trinajstić information content (AvgIpc) is 3.15. The summed E-state index contributed by atoms with van der Waals surface area (Å²) in [5, 5.41) is 8.53. The van der Waals surface area contributed by atoms with E-state index in [2.05, 4.69) is 27.2 Å². The summed E-state index contributed by atoms with van der Waals surface area (Å²) in [7, 11) is 0. The maximum Gasteiger partial charge on any atom is 0.258 e. The molecule has 1 amide bonds. The molecule has 1 aliphatic heterocycles. The van der Waals surface area contributed by atoms with Crippen molar-refractivity contribution in [3.8, 4) is 0 Å². The van der Waals surface area contributed by atoms with Crippen molar-refractivity contribution in [2.75, 3.05) is 25.0 Å². The minimum atomic E-state index is -0.271. The van der Waals surface area contributed by atoms with E-state index >= 15 is 0 Å². The predicted molar refractivity (Wildman–Crippen MR) is 112 cm³/mol. The Morgan fingerprint density at radius 1 is 1.21 bits per heavy atom. The van der Waals surface area contributed by atoms with Gasteiger partial charge in [0.25, 0.3) is 5.91 Å². The number of aryl methyl sites for hydroxylation is 1. The van der Waals surface area contributed by atoms with Gasteiger partial charge >= 0.3 is 0 Å². The van der Waals surface area contributed by atoms with Crippen LogP contribution in [-0.2, 0) is 0 Å². The molecule has 0 unspecified atom stereocenters. The molecule has 28 heavy (non-hydrogen) atoms. The SMILES string of the molecule is CCN1CCC(n2ncc3c(Cl)c(C(=O)Nc4ccc(C)cc4)cnc32)CC1. The molecule has 0 atom stereocenters. The standard InChI is InChI=1S/C21H24ClN5O/c1-3-26-10-8-16(9-11-26)27-20-17(13-24-27)19(22)18(12-23-20)21(28)25-15-6-4-14(2)5-7-15/h4-7,12-13,16H,3,8-11H2,1-2H3,(H,25,28). The van der Waals surface area contributed by atoms with Crippen LogP contribution in [0.4, 0.5) is 5.69 Å². The van der Waals surface area contributed by atoms with Crippen LogP contribution in [0.5, 0.6) is 0 Å². The van der Waals surface area contributed by atoms with Gasteiger partial charge in [0.05, 0.1) is 28.2 Å². The smallest absolute Gasteiger partial charge is 0.258 e. The summed E-state index contributed by atoms with van der Waals surface area (Å²) >= 11 is 6.56. The van der Waals surface area contributed by atoms with Crippen LogP contribution in [0.2, 0.25) is 5.02 Å². The zero-order chi connectivity index (χ0) is 19.7. The zero-order valence-corrected chi connectivity index (χ0v) is 16.9. The first-order valence-corrected chi connectivity index (χ1v) is 10.1. The number of carbonyl (C=O) groups is 1. The molecule has 1 N–H and O–H groups in total. The van der Waals surface area contributed by atoms with Gasteiger partial charge in [-0.25, -0.2) is 9.67 Å². The second-order valence-corrected chi connectivity index (χ2v) is 7.68. The molecule has 1 aromatic carbocycles. The summed E-state index contributed by atoms with van der Waals surface area (Å²) in [4.78, 5) is 19.6. The highest BCUT2D eigenvalue weighted by Gasteiger charge is 2.24. The van der Waals surface area contributed by atoms with Gasteiger partial charge < -0.3 is 10.2 Å². The number of fused-ring (bicyclic) bond motifs is 1. The van der Waals surface area contributed by atoms with Crippen molar-refractivity contribution in [2.45, 2.75) is 32.7 Å². The Balaban J connectivity index is 1.58. The summed E-state index contributed by atoms with van der Waals surface area (Å²) in [5.74, 6) is -0.271. The topological polar surface area (TPSA) is 63.1 Å². The van der Waals surface area contributed by atoms with E-state index in [0.29, 0.717) is 16.6 Å². The maximum absolute atomic E-state index is 12.7. The third-order valence-corrected chi connectivity index (χ3v) is 5.87. The summed E-state index contributed by atoms with van der Waals surface area (Å²) in [6.07, 6.45) is 5.35. The Labute approximate surface area is 169 Å². The molecule has 0 bridgehead atoms. The molecule has 4 rings (SSSR count). The number of benzene rings is 1. The lowest BCUT2D eigenvalue weighted by atomic mass is 10.1. The van der Waals surface area contributed by atoms with E-state index in [9.17, 15) is 4.79 Å². The van der Waals surface area contributed by atoms with Crippen LogP contribution >= 0.6 is 11.6 Å². The monoisotopic (exact) mass is 397 g/mol. The van der Waals surface area contributed by atoms with Gasteiger partial charge in [0.1, 0.15) is 0 Å². The fourth-order valence-corrected chi connectivity index (χ4v) is 3.98. The molecular formula is C21H24ClN5O. The first-order chi connectivity index (χ1) is 13.6. The molecule has 1 fully saturated rings. The Morgan fingerprint density at radius 3 is 2.61 bits per heavy atom. The first kappa shape index (κ1) is 18.9. The van der Waals surface area contributed by atoms with E-state index in [0.717, 1.165) is 54.8 Å². The van der Waals surface area contributed by atoms with Gasteiger partial charge in [-0.1, -0.05) is 36.2 Å². The van der Waals surface area contributed by atoms with Crippen molar-refractivity contribution < 1.29 is 4.79 Å².